The Morgan fingerprint density at radius 1 is 1.67 bits per heavy atom. The van der Waals surface area contributed by atoms with Crippen molar-refractivity contribution >= 4 is 5.96 Å². The molecule has 0 aromatic rings. The van der Waals surface area contributed by atoms with E-state index in [4.69, 9.17) is 5.11 Å². The second kappa shape index (κ2) is 4.30. The van der Waals surface area contributed by atoms with Crippen LogP contribution in [0, 0.1) is 5.92 Å². The highest BCUT2D eigenvalue weighted by Crippen LogP contribution is 2.28. The van der Waals surface area contributed by atoms with Gasteiger partial charge in [-0.05, 0) is 12.3 Å². The molecule has 2 unspecified atom stereocenters. The van der Waals surface area contributed by atoms with Crippen molar-refractivity contribution in [2.24, 2.45) is 10.9 Å². The fraction of sp³-hybridized carbons (Fsp3) is 0.875. The van der Waals surface area contributed by atoms with Crippen LogP contribution in [0.5, 0.6) is 0 Å². The predicted octanol–water partition coefficient (Wildman–Crippen LogP) is -0.448. The molecule has 1 aliphatic carbocycles. The van der Waals surface area contributed by atoms with E-state index in [1.165, 1.54) is 6.42 Å². The van der Waals surface area contributed by atoms with Crippen molar-refractivity contribution in [3.63, 3.8) is 0 Å². The molecule has 0 heterocycles. The Labute approximate surface area is 73.1 Å². The summed E-state index contributed by atoms with van der Waals surface area (Å²) in [7, 11) is 1.74. The third-order valence-corrected chi connectivity index (χ3v) is 2.06. The Bertz CT molecular complexity index is 170. The second-order valence-corrected chi connectivity index (χ2v) is 3.19. The molecule has 0 aromatic carbocycles. The first kappa shape index (κ1) is 9.32. The molecular weight excluding hydrogens is 154 g/mol. The van der Waals surface area contributed by atoms with Gasteiger partial charge in [0.2, 0.25) is 0 Å². The van der Waals surface area contributed by atoms with Crippen LogP contribution in [0.15, 0.2) is 4.99 Å². The average molecular weight is 171 g/mol. The summed E-state index contributed by atoms with van der Waals surface area (Å²) < 4.78 is 0. The van der Waals surface area contributed by atoms with Crippen LogP contribution in [0.25, 0.3) is 0 Å². The molecular formula is C8H17N3O. The molecule has 0 amide bonds. The summed E-state index contributed by atoms with van der Waals surface area (Å²) >= 11 is 0. The van der Waals surface area contributed by atoms with Crippen LogP contribution >= 0.6 is 0 Å². The van der Waals surface area contributed by atoms with Crippen molar-refractivity contribution in [2.75, 3.05) is 20.2 Å². The monoisotopic (exact) mass is 171 g/mol. The van der Waals surface area contributed by atoms with Crippen molar-refractivity contribution in [3.8, 4) is 0 Å². The molecule has 4 nitrogen and oxygen atoms in total. The smallest absolute Gasteiger partial charge is 0.191 e. The van der Waals surface area contributed by atoms with E-state index in [2.05, 4.69) is 22.5 Å². The normalized spacial score (nSPS) is 28.4. The third-order valence-electron chi connectivity index (χ3n) is 2.06. The average Bonchev–Trinajstić information content (AvgIpc) is 2.75. The van der Waals surface area contributed by atoms with E-state index in [1.807, 2.05) is 0 Å². The van der Waals surface area contributed by atoms with Gasteiger partial charge in [0, 0.05) is 19.6 Å². The molecule has 0 spiro atoms. The summed E-state index contributed by atoms with van der Waals surface area (Å²) in [6, 6.07) is 0.579. The van der Waals surface area contributed by atoms with Crippen molar-refractivity contribution in [1.29, 1.82) is 0 Å². The number of hydrogen-bond donors (Lipinski definition) is 3. The first-order chi connectivity index (χ1) is 5.77. The maximum atomic E-state index is 8.57. The summed E-state index contributed by atoms with van der Waals surface area (Å²) in [6.07, 6.45) is 1.22. The van der Waals surface area contributed by atoms with Crippen LogP contribution in [0.2, 0.25) is 0 Å². The number of aliphatic hydroxyl groups is 1. The molecule has 1 fully saturated rings. The maximum absolute atomic E-state index is 8.57. The fourth-order valence-corrected chi connectivity index (χ4v) is 1.07. The zero-order valence-corrected chi connectivity index (χ0v) is 7.67. The Kier molecular flexibility index (Phi) is 3.34. The number of hydrogen-bond acceptors (Lipinski definition) is 2. The molecule has 3 N–H and O–H groups in total. The Morgan fingerprint density at radius 2 is 2.33 bits per heavy atom. The van der Waals surface area contributed by atoms with E-state index in [1.54, 1.807) is 7.05 Å². The van der Waals surface area contributed by atoms with Crippen LogP contribution in [-0.2, 0) is 0 Å². The van der Waals surface area contributed by atoms with Crippen LogP contribution in [-0.4, -0.2) is 37.3 Å². The molecule has 0 saturated heterocycles. The summed E-state index contributed by atoms with van der Waals surface area (Å²) in [5, 5.41) is 14.8. The SMILES string of the molecule is CN=C(NCCO)NC1CC1C. The largest absolute Gasteiger partial charge is 0.395 e. The van der Waals surface area contributed by atoms with E-state index in [9.17, 15) is 0 Å². The lowest BCUT2D eigenvalue weighted by Crippen LogP contribution is -2.40. The van der Waals surface area contributed by atoms with Gasteiger partial charge in [-0.2, -0.15) is 0 Å². The molecule has 1 saturated carbocycles. The standard InChI is InChI=1S/C8H17N3O/c1-6-5-7(6)11-8(9-2)10-3-4-12/h6-7,12H,3-5H2,1-2H3,(H2,9,10,11). The highest BCUT2D eigenvalue weighted by atomic mass is 16.3. The third kappa shape index (κ3) is 2.70. The molecule has 1 rings (SSSR count). The number of guanidine groups is 1. The molecule has 12 heavy (non-hydrogen) atoms. The molecule has 0 radical (unpaired) electrons. The van der Waals surface area contributed by atoms with Gasteiger partial charge in [0.25, 0.3) is 0 Å². The molecule has 4 heteroatoms. The first-order valence-electron chi connectivity index (χ1n) is 4.36. The lowest BCUT2D eigenvalue weighted by molar-refractivity contribution is 0.300. The molecule has 1 aliphatic rings. The first-order valence-corrected chi connectivity index (χ1v) is 4.36. The molecule has 0 aromatic heterocycles. The zero-order chi connectivity index (χ0) is 8.97. The molecule has 0 aliphatic heterocycles. The number of nitrogens with one attached hydrogen (secondary N) is 2. The minimum absolute atomic E-state index is 0.140. The van der Waals surface area contributed by atoms with E-state index in [0.29, 0.717) is 12.6 Å². The summed E-state index contributed by atoms with van der Waals surface area (Å²) in [6.45, 7) is 2.90. The van der Waals surface area contributed by atoms with Crippen molar-refractivity contribution in [3.05, 3.63) is 0 Å². The summed E-state index contributed by atoms with van der Waals surface area (Å²) in [4.78, 5) is 4.02. The Morgan fingerprint density at radius 3 is 2.75 bits per heavy atom. The van der Waals surface area contributed by atoms with Crippen LogP contribution in [0.1, 0.15) is 13.3 Å². The van der Waals surface area contributed by atoms with E-state index in [-0.39, 0.29) is 6.61 Å². The molecule has 70 valence electrons. The van der Waals surface area contributed by atoms with Gasteiger partial charge in [-0.3, -0.25) is 4.99 Å². The van der Waals surface area contributed by atoms with Crippen molar-refractivity contribution in [1.82, 2.24) is 10.6 Å². The lowest BCUT2D eigenvalue weighted by atomic mass is 10.5. The second-order valence-electron chi connectivity index (χ2n) is 3.19. The summed E-state index contributed by atoms with van der Waals surface area (Å²) in [5.74, 6) is 1.55. The van der Waals surface area contributed by atoms with E-state index in [0.717, 1.165) is 11.9 Å². The number of aliphatic hydroxyl groups excluding tert-OH is 1. The van der Waals surface area contributed by atoms with Crippen LogP contribution < -0.4 is 10.6 Å². The number of rotatable bonds is 3. The van der Waals surface area contributed by atoms with Crippen LogP contribution in [0.3, 0.4) is 0 Å². The van der Waals surface area contributed by atoms with Gasteiger partial charge in [-0.15, -0.1) is 0 Å². The van der Waals surface area contributed by atoms with E-state index >= 15 is 0 Å². The fourth-order valence-electron chi connectivity index (χ4n) is 1.07. The highest BCUT2D eigenvalue weighted by Gasteiger charge is 2.32. The van der Waals surface area contributed by atoms with Gasteiger partial charge in [0.1, 0.15) is 0 Å². The van der Waals surface area contributed by atoms with Gasteiger partial charge in [-0.1, -0.05) is 6.92 Å². The highest BCUT2D eigenvalue weighted by molar-refractivity contribution is 5.80. The topological polar surface area (TPSA) is 56.7 Å². The maximum Gasteiger partial charge on any atom is 0.191 e. The zero-order valence-electron chi connectivity index (χ0n) is 7.67. The minimum Gasteiger partial charge on any atom is -0.395 e. The lowest BCUT2D eigenvalue weighted by Gasteiger charge is -2.09. The quantitative estimate of drug-likeness (QED) is 0.398. The van der Waals surface area contributed by atoms with Gasteiger partial charge in [0.05, 0.1) is 6.61 Å². The predicted molar refractivity (Wildman–Crippen MR) is 49.2 cm³/mol. The van der Waals surface area contributed by atoms with Gasteiger partial charge in [-0.25, -0.2) is 0 Å². The van der Waals surface area contributed by atoms with Gasteiger partial charge < -0.3 is 15.7 Å². The molecule has 2 atom stereocenters. The Hall–Kier alpha value is -0.770. The van der Waals surface area contributed by atoms with E-state index < -0.39 is 0 Å². The number of nitrogens with zero attached hydrogens (tertiary/aromatic N) is 1. The van der Waals surface area contributed by atoms with Crippen molar-refractivity contribution in [2.45, 2.75) is 19.4 Å². The Balaban J connectivity index is 2.17. The van der Waals surface area contributed by atoms with Gasteiger partial charge >= 0.3 is 0 Å². The summed E-state index contributed by atoms with van der Waals surface area (Å²) in [5.41, 5.74) is 0. The number of aliphatic imine (C=N–C) groups is 1. The van der Waals surface area contributed by atoms with Crippen molar-refractivity contribution < 1.29 is 5.11 Å². The van der Waals surface area contributed by atoms with Crippen LogP contribution in [0.4, 0.5) is 0 Å². The van der Waals surface area contributed by atoms with Gasteiger partial charge in [0.15, 0.2) is 5.96 Å². The minimum atomic E-state index is 0.140. The molecule has 0 bridgehead atoms.